The Labute approximate surface area is 119 Å². The van der Waals surface area contributed by atoms with Gasteiger partial charge in [0.25, 0.3) is 0 Å². The number of hydrogen-bond donors (Lipinski definition) is 1. The monoisotopic (exact) mass is 301 g/mol. The van der Waals surface area contributed by atoms with Crippen LogP contribution in [0.25, 0.3) is 0 Å². The van der Waals surface area contributed by atoms with E-state index in [1.165, 1.54) is 24.3 Å². The van der Waals surface area contributed by atoms with Crippen molar-refractivity contribution in [2.45, 2.75) is 32.6 Å². The predicted octanol–water partition coefficient (Wildman–Crippen LogP) is 1.90. The van der Waals surface area contributed by atoms with Crippen molar-refractivity contribution in [3.05, 3.63) is 35.6 Å². The van der Waals surface area contributed by atoms with Gasteiger partial charge in [-0.2, -0.15) is 0 Å². The van der Waals surface area contributed by atoms with E-state index in [2.05, 4.69) is 5.32 Å². The van der Waals surface area contributed by atoms with Crippen LogP contribution >= 0.6 is 0 Å². The van der Waals surface area contributed by atoms with E-state index in [1.807, 2.05) is 20.8 Å². The fraction of sp³-hybridized carbons (Fsp3) is 0.500. The van der Waals surface area contributed by atoms with Crippen molar-refractivity contribution in [3.63, 3.8) is 0 Å². The maximum atomic E-state index is 12.7. The van der Waals surface area contributed by atoms with Gasteiger partial charge >= 0.3 is 0 Å². The maximum absolute atomic E-state index is 12.7. The SMILES string of the molecule is CC(C)C(C)NC(=O)CS(=O)(=O)Cc1ccc(F)cc1. The second-order valence-corrected chi connectivity index (χ2v) is 7.32. The Bertz CT molecular complexity index is 552. The van der Waals surface area contributed by atoms with Crippen LogP contribution in [0.4, 0.5) is 4.39 Å². The van der Waals surface area contributed by atoms with Gasteiger partial charge in [0.05, 0.1) is 5.75 Å². The highest BCUT2D eigenvalue weighted by molar-refractivity contribution is 7.91. The van der Waals surface area contributed by atoms with Crippen molar-refractivity contribution >= 4 is 15.7 Å². The second-order valence-electron chi connectivity index (χ2n) is 5.26. The molecule has 0 radical (unpaired) electrons. The summed E-state index contributed by atoms with van der Waals surface area (Å²) in [4.78, 5) is 11.7. The molecule has 0 saturated carbocycles. The number of rotatable bonds is 6. The molecule has 0 heterocycles. The molecule has 4 nitrogen and oxygen atoms in total. The zero-order valence-electron chi connectivity index (χ0n) is 11.9. The highest BCUT2D eigenvalue weighted by atomic mass is 32.2. The number of hydrogen-bond acceptors (Lipinski definition) is 3. The Morgan fingerprint density at radius 2 is 1.75 bits per heavy atom. The molecule has 0 aromatic heterocycles. The lowest BCUT2D eigenvalue weighted by molar-refractivity contribution is -0.119. The first-order valence-electron chi connectivity index (χ1n) is 6.44. The van der Waals surface area contributed by atoms with Gasteiger partial charge in [-0.3, -0.25) is 4.79 Å². The standard InChI is InChI=1S/C14H20FNO3S/c1-10(2)11(3)16-14(17)9-20(18,19)8-12-4-6-13(15)7-5-12/h4-7,10-11H,8-9H2,1-3H3,(H,16,17). The van der Waals surface area contributed by atoms with Crippen LogP contribution in [0.3, 0.4) is 0 Å². The van der Waals surface area contributed by atoms with E-state index in [4.69, 9.17) is 0 Å². The molecule has 0 spiro atoms. The van der Waals surface area contributed by atoms with Crippen LogP contribution in [0.5, 0.6) is 0 Å². The van der Waals surface area contributed by atoms with Crippen LogP contribution in [-0.2, 0) is 20.4 Å². The minimum absolute atomic E-state index is 0.0801. The van der Waals surface area contributed by atoms with Gasteiger partial charge in [-0.25, -0.2) is 12.8 Å². The molecule has 1 amide bonds. The molecule has 0 aliphatic carbocycles. The minimum Gasteiger partial charge on any atom is -0.353 e. The average molecular weight is 301 g/mol. The summed E-state index contributed by atoms with van der Waals surface area (Å²) in [6.07, 6.45) is 0. The molecule has 0 aliphatic rings. The topological polar surface area (TPSA) is 63.2 Å². The van der Waals surface area contributed by atoms with Crippen LogP contribution in [0.1, 0.15) is 26.3 Å². The van der Waals surface area contributed by atoms with Gasteiger partial charge in [0.2, 0.25) is 5.91 Å². The van der Waals surface area contributed by atoms with Crippen LogP contribution < -0.4 is 5.32 Å². The molecule has 6 heteroatoms. The van der Waals surface area contributed by atoms with Crippen LogP contribution in [0, 0.1) is 11.7 Å². The molecule has 0 saturated heterocycles. The Morgan fingerprint density at radius 1 is 1.20 bits per heavy atom. The molecular weight excluding hydrogens is 281 g/mol. The normalized spacial score (nSPS) is 13.2. The Hall–Kier alpha value is -1.43. The van der Waals surface area contributed by atoms with Crippen LogP contribution in [-0.4, -0.2) is 26.1 Å². The molecule has 1 rings (SSSR count). The number of nitrogens with one attached hydrogen (secondary N) is 1. The Balaban J connectivity index is 2.61. The zero-order valence-corrected chi connectivity index (χ0v) is 12.7. The molecule has 0 bridgehead atoms. The summed E-state index contributed by atoms with van der Waals surface area (Å²) >= 11 is 0. The highest BCUT2D eigenvalue weighted by Crippen LogP contribution is 2.08. The smallest absolute Gasteiger partial charge is 0.235 e. The summed E-state index contributed by atoms with van der Waals surface area (Å²) < 4.78 is 36.5. The van der Waals surface area contributed by atoms with Crippen LogP contribution in [0.2, 0.25) is 0 Å². The lowest BCUT2D eigenvalue weighted by Gasteiger charge is -2.17. The zero-order chi connectivity index (χ0) is 15.3. The van der Waals surface area contributed by atoms with Gasteiger partial charge in [0.1, 0.15) is 11.6 Å². The first-order valence-corrected chi connectivity index (χ1v) is 8.26. The van der Waals surface area contributed by atoms with Crippen molar-refractivity contribution in [1.82, 2.24) is 5.32 Å². The average Bonchev–Trinajstić information content (AvgIpc) is 2.30. The van der Waals surface area contributed by atoms with Crippen molar-refractivity contribution in [1.29, 1.82) is 0 Å². The van der Waals surface area contributed by atoms with Gasteiger partial charge in [-0.1, -0.05) is 26.0 Å². The summed E-state index contributed by atoms with van der Waals surface area (Å²) in [6.45, 7) is 5.71. The van der Waals surface area contributed by atoms with Gasteiger partial charge in [0, 0.05) is 6.04 Å². The third-order valence-corrected chi connectivity index (χ3v) is 4.51. The van der Waals surface area contributed by atoms with Gasteiger partial charge < -0.3 is 5.32 Å². The lowest BCUT2D eigenvalue weighted by atomic mass is 10.1. The van der Waals surface area contributed by atoms with E-state index in [-0.39, 0.29) is 17.7 Å². The number of carbonyl (C=O) groups excluding carboxylic acids is 1. The summed E-state index contributed by atoms with van der Waals surface area (Å²) in [7, 11) is -3.55. The number of halogens is 1. The third-order valence-electron chi connectivity index (χ3n) is 3.04. The second kappa shape index (κ2) is 6.83. The molecule has 1 atom stereocenters. The molecular formula is C14H20FNO3S. The number of carbonyl (C=O) groups is 1. The van der Waals surface area contributed by atoms with Crippen molar-refractivity contribution in [3.8, 4) is 0 Å². The van der Waals surface area contributed by atoms with E-state index in [0.717, 1.165) is 0 Å². The van der Waals surface area contributed by atoms with E-state index in [1.54, 1.807) is 0 Å². The molecule has 20 heavy (non-hydrogen) atoms. The van der Waals surface area contributed by atoms with Crippen molar-refractivity contribution in [2.24, 2.45) is 5.92 Å². The fourth-order valence-electron chi connectivity index (χ4n) is 1.55. The first-order chi connectivity index (χ1) is 9.19. The molecule has 0 aliphatic heterocycles. The summed E-state index contributed by atoms with van der Waals surface area (Å²) in [5, 5.41) is 2.65. The molecule has 1 unspecified atom stereocenters. The minimum atomic E-state index is -3.55. The number of sulfone groups is 1. The predicted molar refractivity (Wildman–Crippen MR) is 76.3 cm³/mol. The van der Waals surface area contributed by atoms with E-state index in [0.29, 0.717) is 5.56 Å². The highest BCUT2D eigenvalue weighted by Gasteiger charge is 2.19. The van der Waals surface area contributed by atoms with Gasteiger partial charge in [-0.15, -0.1) is 0 Å². The molecule has 1 aromatic carbocycles. The molecule has 112 valence electrons. The fourth-order valence-corrected chi connectivity index (χ4v) is 2.83. The van der Waals surface area contributed by atoms with E-state index >= 15 is 0 Å². The van der Waals surface area contributed by atoms with Gasteiger partial charge in [-0.05, 0) is 30.5 Å². The van der Waals surface area contributed by atoms with E-state index < -0.39 is 27.3 Å². The molecule has 1 N–H and O–H groups in total. The quantitative estimate of drug-likeness (QED) is 0.873. The summed E-state index contributed by atoms with van der Waals surface area (Å²) in [5.41, 5.74) is 0.469. The van der Waals surface area contributed by atoms with Crippen LogP contribution in [0.15, 0.2) is 24.3 Å². The van der Waals surface area contributed by atoms with E-state index in [9.17, 15) is 17.6 Å². The van der Waals surface area contributed by atoms with Crippen molar-refractivity contribution in [2.75, 3.05) is 5.75 Å². The lowest BCUT2D eigenvalue weighted by Crippen LogP contribution is -2.39. The summed E-state index contributed by atoms with van der Waals surface area (Å²) in [5.74, 6) is -1.51. The van der Waals surface area contributed by atoms with Gasteiger partial charge in [0.15, 0.2) is 9.84 Å². The largest absolute Gasteiger partial charge is 0.353 e. The first kappa shape index (κ1) is 16.6. The number of benzene rings is 1. The maximum Gasteiger partial charge on any atom is 0.235 e. The van der Waals surface area contributed by atoms with Crippen molar-refractivity contribution < 1.29 is 17.6 Å². The Kier molecular flexibility index (Phi) is 5.68. The number of amides is 1. The third kappa shape index (κ3) is 5.69. The summed E-state index contributed by atoms with van der Waals surface area (Å²) in [6, 6.07) is 5.13. The molecule has 1 aromatic rings. The Morgan fingerprint density at radius 3 is 2.25 bits per heavy atom. The molecule has 0 fully saturated rings.